The smallest absolute Gasteiger partial charge is 0.0644 e. The first-order valence-electron chi connectivity index (χ1n) is 16.2. The van der Waals surface area contributed by atoms with E-state index < -0.39 is 0 Å². The summed E-state index contributed by atoms with van der Waals surface area (Å²) in [7, 11) is 4.26. The molecule has 0 N–H and O–H groups in total. The van der Waals surface area contributed by atoms with Gasteiger partial charge in [0.05, 0.1) is 19.3 Å². The van der Waals surface area contributed by atoms with Crippen molar-refractivity contribution in [1.82, 2.24) is 4.90 Å². The molecular weight excluding hydrogens is 442 g/mol. The number of allylic oxidation sites excluding steroid dienone is 2. The minimum absolute atomic E-state index is 0.373. The molecule has 0 rings (SSSR count). The Balaban J connectivity index is 3.31. The molecule has 1 atom stereocenters. The molecule has 0 aromatic heterocycles. The van der Waals surface area contributed by atoms with Gasteiger partial charge >= 0.3 is 0 Å². The molecule has 0 radical (unpaired) electrons. The molecule has 0 saturated heterocycles. The molecule has 0 heterocycles. The van der Waals surface area contributed by atoms with Crippen LogP contribution in [0.5, 0.6) is 0 Å². The highest BCUT2D eigenvalue weighted by molar-refractivity contribution is 4.81. The van der Waals surface area contributed by atoms with Gasteiger partial charge in [0.25, 0.3) is 0 Å². The third-order valence-corrected chi connectivity index (χ3v) is 7.29. The largest absolute Gasteiger partial charge is 0.380 e. The number of likely N-dealkylation sites (N-methyl/N-ethyl adjacent to an activating group) is 1. The zero-order chi connectivity index (χ0) is 26.4. The molecule has 0 fully saturated rings. The summed E-state index contributed by atoms with van der Waals surface area (Å²) >= 11 is 0. The third-order valence-electron chi connectivity index (χ3n) is 7.29. The van der Waals surface area contributed by atoms with Crippen LogP contribution in [0.4, 0.5) is 0 Å². The lowest BCUT2D eigenvalue weighted by molar-refractivity contribution is 0.0198. The Morgan fingerprint density at radius 3 is 1.19 bits per heavy atom. The van der Waals surface area contributed by atoms with Gasteiger partial charge in [-0.15, -0.1) is 0 Å². The molecule has 0 aliphatic carbocycles. The second-order valence-corrected chi connectivity index (χ2v) is 11.2. The zero-order valence-corrected chi connectivity index (χ0v) is 25.4. The van der Waals surface area contributed by atoms with Crippen LogP contribution in [0, 0.1) is 0 Å². The summed E-state index contributed by atoms with van der Waals surface area (Å²) in [5.41, 5.74) is 0. The number of ether oxygens (including phenoxy) is 2. The average Bonchev–Trinajstić information content (AvgIpc) is 2.87. The lowest BCUT2D eigenvalue weighted by Gasteiger charge is -2.24. The van der Waals surface area contributed by atoms with E-state index in [1.54, 1.807) is 0 Å². The van der Waals surface area contributed by atoms with Gasteiger partial charge in [0, 0.05) is 13.2 Å². The van der Waals surface area contributed by atoms with Crippen LogP contribution in [0.2, 0.25) is 0 Å². The Hall–Kier alpha value is -0.380. The van der Waals surface area contributed by atoms with E-state index in [2.05, 4.69) is 45.0 Å². The van der Waals surface area contributed by atoms with Gasteiger partial charge in [-0.05, 0) is 52.6 Å². The standard InChI is InChI=1S/C33H67NO2/c1-5-7-9-11-12-13-14-15-16-17-18-19-20-21-22-23-24-25-26-28-30-36-32-33(34(3)4)31-35-29-27-10-8-6-2/h15-16,33H,5-14,17-32H2,1-4H3/b16-15-/t33-/m0/s1. The van der Waals surface area contributed by atoms with Crippen molar-refractivity contribution in [2.24, 2.45) is 0 Å². The molecule has 0 unspecified atom stereocenters. The van der Waals surface area contributed by atoms with Crippen LogP contribution in [0.3, 0.4) is 0 Å². The van der Waals surface area contributed by atoms with Crippen molar-refractivity contribution in [1.29, 1.82) is 0 Å². The molecule has 0 spiro atoms. The quantitative estimate of drug-likeness (QED) is 0.0710. The Labute approximate surface area is 228 Å². The predicted molar refractivity (Wildman–Crippen MR) is 161 cm³/mol. The van der Waals surface area contributed by atoms with E-state index in [9.17, 15) is 0 Å². The van der Waals surface area contributed by atoms with Crippen LogP contribution >= 0.6 is 0 Å². The van der Waals surface area contributed by atoms with Crippen molar-refractivity contribution in [3.05, 3.63) is 12.2 Å². The van der Waals surface area contributed by atoms with E-state index in [1.807, 2.05) is 0 Å². The average molecular weight is 510 g/mol. The molecule has 0 aromatic carbocycles. The summed E-state index contributed by atoms with van der Waals surface area (Å²) in [5.74, 6) is 0. The molecule has 3 nitrogen and oxygen atoms in total. The van der Waals surface area contributed by atoms with Crippen molar-refractivity contribution in [2.45, 2.75) is 161 Å². The van der Waals surface area contributed by atoms with Crippen LogP contribution in [-0.2, 0) is 9.47 Å². The Morgan fingerprint density at radius 1 is 0.472 bits per heavy atom. The van der Waals surface area contributed by atoms with Crippen LogP contribution in [0.15, 0.2) is 12.2 Å². The van der Waals surface area contributed by atoms with E-state index in [1.165, 1.54) is 141 Å². The Morgan fingerprint density at radius 2 is 0.806 bits per heavy atom. The number of rotatable bonds is 30. The first-order chi connectivity index (χ1) is 17.7. The summed E-state index contributed by atoms with van der Waals surface area (Å²) in [6.45, 7) is 7.90. The number of hydrogen-bond acceptors (Lipinski definition) is 3. The van der Waals surface area contributed by atoms with Crippen molar-refractivity contribution in [3.8, 4) is 0 Å². The van der Waals surface area contributed by atoms with Gasteiger partial charge in [0.15, 0.2) is 0 Å². The van der Waals surface area contributed by atoms with Crippen molar-refractivity contribution < 1.29 is 9.47 Å². The molecule has 36 heavy (non-hydrogen) atoms. The summed E-state index contributed by atoms with van der Waals surface area (Å²) in [6.07, 6.45) is 34.7. The maximum absolute atomic E-state index is 5.96. The molecule has 0 bridgehead atoms. The normalized spacial score (nSPS) is 12.8. The predicted octanol–water partition coefficient (Wildman–Crippen LogP) is 10.1. The van der Waals surface area contributed by atoms with Gasteiger partial charge in [-0.25, -0.2) is 0 Å². The SMILES string of the molecule is CCCCCCCC/C=C\CCCCCCCCCCCCOC[C@H](COCCCCCC)N(C)C. The topological polar surface area (TPSA) is 21.7 Å². The van der Waals surface area contributed by atoms with Gasteiger partial charge in [-0.1, -0.05) is 129 Å². The number of nitrogens with zero attached hydrogens (tertiary/aromatic N) is 1. The van der Waals surface area contributed by atoms with Gasteiger partial charge in [0.2, 0.25) is 0 Å². The Bertz CT molecular complexity index is 424. The molecule has 216 valence electrons. The molecule has 0 amide bonds. The molecule has 3 heteroatoms. The fraction of sp³-hybridized carbons (Fsp3) is 0.939. The minimum Gasteiger partial charge on any atom is -0.380 e. The summed E-state index contributed by atoms with van der Waals surface area (Å²) in [4.78, 5) is 2.24. The maximum atomic E-state index is 5.96. The number of hydrogen-bond donors (Lipinski definition) is 0. The van der Waals surface area contributed by atoms with Crippen LogP contribution in [0.1, 0.15) is 155 Å². The van der Waals surface area contributed by atoms with E-state index in [-0.39, 0.29) is 0 Å². The highest BCUT2D eigenvalue weighted by Gasteiger charge is 2.11. The van der Waals surface area contributed by atoms with Crippen molar-refractivity contribution >= 4 is 0 Å². The first kappa shape index (κ1) is 35.6. The monoisotopic (exact) mass is 510 g/mol. The highest BCUT2D eigenvalue weighted by atomic mass is 16.5. The fourth-order valence-corrected chi connectivity index (χ4v) is 4.57. The second-order valence-electron chi connectivity index (χ2n) is 11.2. The van der Waals surface area contributed by atoms with Gasteiger partial charge in [-0.3, -0.25) is 0 Å². The van der Waals surface area contributed by atoms with E-state index in [0.29, 0.717) is 6.04 Å². The first-order valence-corrected chi connectivity index (χ1v) is 16.2. The highest BCUT2D eigenvalue weighted by Crippen LogP contribution is 2.12. The minimum atomic E-state index is 0.373. The molecule has 0 aliphatic rings. The maximum Gasteiger partial charge on any atom is 0.0644 e. The molecule has 0 saturated carbocycles. The second kappa shape index (κ2) is 30.8. The molecule has 0 aromatic rings. The molecular formula is C33H67NO2. The lowest BCUT2D eigenvalue weighted by Crippen LogP contribution is -2.37. The van der Waals surface area contributed by atoms with Crippen LogP contribution in [-0.4, -0.2) is 51.5 Å². The van der Waals surface area contributed by atoms with Gasteiger partial charge < -0.3 is 14.4 Å². The summed E-state index contributed by atoms with van der Waals surface area (Å²) in [6, 6.07) is 0.373. The van der Waals surface area contributed by atoms with E-state index in [4.69, 9.17) is 9.47 Å². The number of unbranched alkanes of at least 4 members (excludes halogenated alkanes) is 19. The van der Waals surface area contributed by atoms with Crippen LogP contribution < -0.4 is 0 Å². The Kier molecular flexibility index (Phi) is 30.5. The molecule has 0 aliphatic heterocycles. The zero-order valence-electron chi connectivity index (χ0n) is 25.4. The fourth-order valence-electron chi connectivity index (χ4n) is 4.57. The van der Waals surface area contributed by atoms with Crippen molar-refractivity contribution in [3.63, 3.8) is 0 Å². The lowest BCUT2D eigenvalue weighted by atomic mass is 10.1. The summed E-state index contributed by atoms with van der Waals surface area (Å²) in [5, 5.41) is 0. The van der Waals surface area contributed by atoms with Crippen LogP contribution in [0.25, 0.3) is 0 Å². The van der Waals surface area contributed by atoms with Gasteiger partial charge in [0.1, 0.15) is 0 Å². The van der Waals surface area contributed by atoms with Gasteiger partial charge in [-0.2, -0.15) is 0 Å². The van der Waals surface area contributed by atoms with E-state index in [0.717, 1.165) is 26.4 Å². The summed E-state index contributed by atoms with van der Waals surface area (Å²) < 4.78 is 11.8. The van der Waals surface area contributed by atoms with Crippen molar-refractivity contribution in [2.75, 3.05) is 40.5 Å². The van der Waals surface area contributed by atoms with E-state index >= 15 is 0 Å². The third kappa shape index (κ3) is 28.2.